The normalized spacial score (nSPS) is 12.5. The number of carbonyl (C=O) groups excluding carboxylic acids is 1. The molecule has 0 aromatic heterocycles. The Morgan fingerprint density at radius 1 is 1.23 bits per heavy atom. The van der Waals surface area contributed by atoms with E-state index in [0.29, 0.717) is 26.1 Å². The molecule has 0 aromatic rings. The van der Waals surface area contributed by atoms with E-state index in [-0.39, 0.29) is 5.91 Å². The van der Waals surface area contributed by atoms with E-state index in [4.69, 9.17) is 17.2 Å². The minimum Gasteiger partial charge on any atom is -0.353 e. The molecule has 1 atom stereocenters. The highest BCUT2D eigenvalue weighted by molar-refractivity contribution is 5.81. The number of rotatable bonds is 7. The van der Waals surface area contributed by atoms with Crippen LogP contribution in [-0.2, 0) is 4.79 Å². The average molecular weight is 188 g/mol. The van der Waals surface area contributed by atoms with Gasteiger partial charge in [-0.15, -0.1) is 0 Å². The summed E-state index contributed by atoms with van der Waals surface area (Å²) < 4.78 is 0. The standard InChI is InChI=1S/C8H20N4O/c9-4-2-1-3-7(11)8(13)12-6-5-10/h7H,1-6,9-11H2,(H,12,13)/t7-/m0/s1. The van der Waals surface area contributed by atoms with Crippen LogP contribution < -0.4 is 22.5 Å². The van der Waals surface area contributed by atoms with E-state index in [1.54, 1.807) is 0 Å². The third-order valence-corrected chi connectivity index (χ3v) is 1.75. The van der Waals surface area contributed by atoms with Crippen LogP contribution >= 0.6 is 0 Å². The Morgan fingerprint density at radius 3 is 2.46 bits per heavy atom. The first-order valence-electron chi connectivity index (χ1n) is 4.65. The molecule has 0 aliphatic heterocycles. The molecule has 5 nitrogen and oxygen atoms in total. The highest BCUT2D eigenvalue weighted by Gasteiger charge is 2.11. The largest absolute Gasteiger partial charge is 0.353 e. The van der Waals surface area contributed by atoms with E-state index in [0.717, 1.165) is 12.8 Å². The van der Waals surface area contributed by atoms with Gasteiger partial charge in [0.15, 0.2) is 0 Å². The van der Waals surface area contributed by atoms with Crippen molar-refractivity contribution < 1.29 is 4.79 Å². The number of hydrogen-bond donors (Lipinski definition) is 4. The molecule has 0 fully saturated rings. The van der Waals surface area contributed by atoms with Crippen molar-refractivity contribution in [1.29, 1.82) is 0 Å². The molecule has 5 heteroatoms. The van der Waals surface area contributed by atoms with Crippen LogP contribution in [0.2, 0.25) is 0 Å². The summed E-state index contributed by atoms with van der Waals surface area (Å²) in [6.45, 7) is 1.59. The number of nitrogens with one attached hydrogen (secondary N) is 1. The van der Waals surface area contributed by atoms with Crippen LogP contribution in [0.15, 0.2) is 0 Å². The molecule has 0 saturated carbocycles. The zero-order valence-corrected chi connectivity index (χ0v) is 7.96. The van der Waals surface area contributed by atoms with Gasteiger partial charge < -0.3 is 22.5 Å². The molecule has 0 radical (unpaired) electrons. The van der Waals surface area contributed by atoms with E-state index in [9.17, 15) is 4.79 Å². The van der Waals surface area contributed by atoms with E-state index in [2.05, 4.69) is 5.32 Å². The van der Waals surface area contributed by atoms with Crippen molar-refractivity contribution in [2.45, 2.75) is 25.3 Å². The van der Waals surface area contributed by atoms with Gasteiger partial charge >= 0.3 is 0 Å². The highest BCUT2D eigenvalue weighted by Crippen LogP contribution is 1.97. The topological polar surface area (TPSA) is 107 Å². The molecular weight excluding hydrogens is 168 g/mol. The second-order valence-electron chi connectivity index (χ2n) is 2.97. The molecule has 7 N–H and O–H groups in total. The fourth-order valence-electron chi connectivity index (χ4n) is 0.966. The highest BCUT2D eigenvalue weighted by atomic mass is 16.2. The Morgan fingerprint density at radius 2 is 1.92 bits per heavy atom. The van der Waals surface area contributed by atoms with Crippen LogP contribution in [-0.4, -0.2) is 31.6 Å². The lowest BCUT2D eigenvalue weighted by Gasteiger charge is -2.10. The first-order valence-corrected chi connectivity index (χ1v) is 4.65. The zero-order chi connectivity index (χ0) is 10.1. The average Bonchev–Trinajstić information content (AvgIpc) is 2.14. The lowest BCUT2D eigenvalue weighted by molar-refractivity contribution is -0.122. The first-order chi connectivity index (χ1) is 6.22. The van der Waals surface area contributed by atoms with E-state index in [1.165, 1.54) is 0 Å². The minimum absolute atomic E-state index is 0.123. The Hall–Kier alpha value is -0.650. The van der Waals surface area contributed by atoms with Gasteiger partial charge in [-0.2, -0.15) is 0 Å². The second-order valence-corrected chi connectivity index (χ2v) is 2.97. The summed E-state index contributed by atoms with van der Waals surface area (Å²) in [5, 5.41) is 2.64. The predicted molar refractivity (Wildman–Crippen MR) is 52.9 cm³/mol. The summed E-state index contributed by atoms with van der Waals surface area (Å²) in [5.41, 5.74) is 16.1. The molecule has 0 heterocycles. The van der Waals surface area contributed by atoms with Crippen LogP contribution in [0.5, 0.6) is 0 Å². The van der Waals surface area contributed by atoms with Gasteiger partial charge in [-0.25, -0.2) is 0 Å². The zero-order valence-electron chi connectivity index (χ0n) is 7.96. The van der Waals surface area contributed by atoms with Gasteiger partial charge in [0.05, 0.1) is 6.04 Å². The molecule has 1 amide bonds. The molecule has 13 heavy (non-hydrogen) atoms. The van der Waals surface area contributed by atoms with Crippen LogP contribution in [0, 0.1) is 0 Å². The smallest absolute Gasteiger partial charge is 0.236 e. The molecule has 0 spiro atoms. The summed E-state index contributed by atoms with van der Waals surface area (Å²) in [6.07, 6.45) is 2.50. The minimum atomic E-state index is -0.418. The summed E-state index contributed by atoms with van der Waals surface area (Å²) in [7, 11) is 0. The summed E-state index contributed by atoms with van der Waals surface area (Å²) in [6, 6.07) is -0.418. The Balaban J connectivity index is 3.45. The van der Waals surface area contributed by atoms with E-state index in [1.807, 2.05) is 0 Å². The Bertz CT molecular complexity index is 140. The number of hydrogen-bond acceptors (Lipinski definition) is 4. The van der Waals surface area contributed by atoms with Crippen LogP contribution in [0.25, 0.3) is 0 Å². The van der Waals surface area contributed by atoms with Crippen molar-refractivity contribution in [1.82, 2.24) is 5.32 Å². The van der Waals surface area contributed by atoms with Gasteiger partial charge in [0.2, 0.25) is 5.91 Å². The number of amides is 1. The van der Waals surface area contributed by atoms with Crippen molar-refractivity contribution in [3.63, 3.8) is 0 Å². The van der Waals surface area contributed by atoms with Crippen molar-refractivity contribution in [3.05, 3.63) is 0 Å². The molecule has 0 rings (SSSR count). The first kappa shape index (κ1) is 12.3. The monoisotopic (exact) mass is 188 g/mol. The molecule has 0 bridgehead atoms. The van der Waals surface area contributed by atoms with Crippen molar-refractivity contribution in [3.8, 4) is 0 Å². The Labute approximate surface area is 79.0 Å². The van der Waals surface area contributed by atoms with Crippen molar-refractivity contribution in [2.75, 3.05) is 19.6 Å². The van der Waals surface area contributed by atoms with Gasteiger partial charge in [0.25, 0.3) is 0 Å². The summed E-state index contributed by atoms with van der Waals surface area (Å²) in [5.74, 6) is -0.123. The van der Waals surface area contributed by atoms with Crippen molar-refractivity contribution in [2.24, 2.45) is 17.2 Å². The third-order valence-electron chi connectivity index (χ3n) is 1.75. The maximum atomic E-state index is 11.2. The molecule has 0 aliphatic carbocycles. The molecule has 0 unspecified atom stereocenters. The number of carbonyl (C=O) groups is 1. The van der Waals surface area contributed by atoms with E-state index >= 15 is 0 Å². The molecule has 0 aliphatic rings. The summed E-state index contributed by atoms with van der Waals surface area (Å²) >= 11 is 0. The van der Waals surface area contributed by atoms with Crippen LogP contribution in [0.4, 0.5) is 0 Å². The lowest BCUT2D eigenvalue weighted by atomic mass is 10.1. The number of unbranched alkanes of at least 4 members (excludes halogenated alkanes) is 1. The molecule has 0 saturated heterocycles. The van der Waals surface area contributed by atoms with Gasteiger partial charge in [0, 0.05) is 13.1 Å². The van der Waals surface area contributed by atoms with Crippen LogP contribution in [0.3, 0.4) is 0 Å². The molecular formula is C8H20N4O. The predicted octanol–water partition coefficient (Wildman–Crippen LogP) is -1.48. The van der Waals surface area contributed by atoms with Crippen LogP contribution in [0.1, 0.15) is 19.3 Å². The maximum absolute atomic E-state index is 11.2. The lowest BCUT2D eigenvalue weighted by Crippen LogP contribution is -2.42. The molecule has 78 valence electrons. The fourth-order valence-corrected chi connectivity index (χ4v) is 0.966. The second kappa shape index (κ2) is 7.97. The Kier molecular flexibility index (Phi) is 7.57. The van der Waals surface area contributed by atoms with E-state index < -0.39 is 6.04 Å². The quantitative estimate of drug-likeness (QED) is 0.365. The van der Waals surface area contributed by atoms with Crippen molar-refractivity contribution >= 4 is 5.91 Å². The van der Waals surface area contributed by atoms with Gasteiger partial charge in [0.1, 0.15) is 0 Å². The molecule has 0 aromatic carbocycles. The summed E-state index contributed by atoms with van der Waals surface area (Å²) in [4.78, 5) is 11.2. The van der Waals surface area contributed by atoms with Gasteiger partial charge in [-0.05, 0) is 19.4 Å². The van der Waals surface area contributed by atoms with Gasteiger partial charge in [-0.3, -0.25) is 4.79 Å². The SMILES string of the molecule is NCCCC[C@H](N)C(=O)NCCN. The maximum Gasteiger partial charge on any atom is 0.236 e. The fraction of sp³-hybridized carbons (Fsp3) is 0.875. The number of nitrogens with two attached hydrogens (primary N) is 3. The third kappa shape index (κ3) is 6.51. The van der Waals surface area contributed by atoms with Gasteiger partial charge in [-0.1, -0.05) is 6.42 Å².